The average molecular weight is 337 g/mol. The molecule has 1 fully saturated rings. The summed E-state index contributed by atoms with van der Waals surface area (Å²) in [7, 11) is 1.76. The van der Waals surface area contributed by atoms with E-state index in [9.17, 15) is 4.79 Å². The number of rotatable bonds is 7. The van der Waals surface area contributed by atoms with Crippen molar-refractivity contribution < 1.29 is 9.53 Å². The average Bonchev–Trinajstić information content (AvgIpc) is 3.02. The molecule has 3 nitrogen and oxygen atoms in total. The molecule has 1 amide bonds. The molecule has 1 saturated heterocycles. The van der Waals surface area contributed by atoms with E-state index in [1.807, 2.05) is 29.2 Å². The summed E-state index contributed by atoms with van der Waals surface area (Å²) >= 11 is 0. The lowest BCUT2D eigenvalue weighted by atomic mass is 9.92. The zero-order chi connectivity index (χ0) is 17.6. The fraction of sp³-hybridized carbons (Fsp3) is 0.409. The van der Waals surface area contributed by atoms with Gasteiger partial charge in [0.25, 0.3) is 0 Å². The van der Waals surface area contributed by atoms with Gasteiger partial charge in [-0.15, -0.1) is 6.58 Å². The molecule has 2 aliphatic rings. The van der Waals surface area contributed by atoms with Gasteiger partial charge in [-0.25, -0.2) is 0 Å². The van der Waals surface area contributed by atoms with Gasteiger partial charge >= 0.3 is 0 Å². The van der Waals surface area contributed by atoms with Crippen molar-refractivity contribution in [3.05, 3.63) is 72.4 Å². The van der Waals surface area contributed by atoms with E-state index < -0.39 is 0 Å². The highest BCUT2D eigenvalue weighted by Crippen LogP contribution is 2.33. The van der Waals surface area contributed by atoms with Gasteiger partial charge < -0.3 is 9.64 Å². The molecule has 1 aliphatic heterocycles. The Balaban J connectivity index is 1.62. The van der Waals surface area contributed by atoms with Crippen LogP contribution >= 0.6 is 0 Å². The second-order valence-electron chi connectivity index (χ2n) is 6.78. The Morgan fingerprint density at radius 3 is 2.88 bits per heavy atom. The first-order chi connectivity index (χ1) is 12.2. The molecule has 1 unspecified atom stereocenters. The molecule has 0 radical (unpaired) electrons. The Morgan fingerprint density at radius 2 is 2.16 bits per heavy atom. The number of carbonyl (C=O) groups is 1. The maximum absolute atomic E-state index is 12.9. The van der Waals surface area contributed by atoms with E-state index in [0.29, 0.717) is 0 Å². The van der Waals surface area contributed by atoms with E-state index in [1.165, 1.54) is 5.57 Å². The molecule has 0 spiro atoms. The maximum atomic E-state index is 12.9. The summed E-state index contributed by atoms with van der Waals surface area (Å²) in [6, 6.07) is 10.1. The fourth-order valence-electron chi connectivity index (χ4n) is 3.89. The third kappa shape index (κ3) is 3.93. The monoisotopic (exact) mass is 337 g/mol. The predicted molar refractivity (Wildman–Crippen MR) is 101 cm³/mol. The molecule has 0 bridgehead atoms. The van der Waals surface area contributed by atoms with Crippen molar-refractivity contribution in [3.8, 4) is 0 Å². The normalized spacial score (nSPS) is 24.3. The standard InChI is InChI=1S/C22H27NO2/c1-3-20(17-9-5-4-6-10-17)23-16-15-19(22(23)24)14-13-18-11-7-8-12-21(18)25-2/h3-11,19-21H,1,12-16H2,2H3/t19-,20-,21?/m0/s1. The molecule has 3 atom stereocenters. The van der Waals surface area contributed by atoms with Crippen LogP contribution in [0.5, 0.6) is 0 Å². The first-order valence-electron chi connectivity index (χ1n) is 9.11. The van der Waals surface area contributed by atoms with Crippen molar-refractivity contribution in [2.45, 2.75) is 37.8 Å². The number of carbonyl (C=O) groups excluding carboxylic acids is 1. The SMILES string of the molecule is C=C[C@@H](c1ccccc1)N1CC[C@H](CCC2=CC=CCC2OC)C1=O. The number of nitrogens with zero attached hydrogens (tertiary/aromatic N) is 1. The van der Waals surface area contributed by atoms with Crippen molar-refractivity contribution in [1.82, 2.24) is 4.90 Å². The number of hydrogen-bond donors (Lipinski definition) is 0. The van der Waals surface area contributed by atoms with Crippen LogP contribution in [0.2, 0.25) is 0 Å². The largest absolute Gasteiger partial charge is 0.377 e. The van der Waals surface area contributed by atoms with Crippen LogP contribution in [0.1, 0.15) is 37.3 Å². The third-order valence-electron chi connectivity index (χ3n) is 5.33. The summed E-state index contributed by atoms with van der Waals surface area (Å²) in [5, 5.41) is 0. The zero-order valence-electron chi connectivity index (χ0n) is 14.9. The van der Waals surface area contributed by atoms with E-state index in [0.717, 1.165) is 37.8 Å². The van der Waals surface area contributed by atoms with E-state index in [-0.39, 0.29) is 24.0 Å². The van der Waals surface area contributed by atoms with Gasteiger partial charge in [0.15, 0.2) is 0 Å². The minimum Gasteiger partial charge on any atom is -0.377 e. The fourth-order valence-corrected chi connectivity index (χ4v) is 3.89. The lowest BCUT2D eigenvalue weighted by Crippen LogP contribution is -2.31. The molecule has 25 heavy (non-hydrogen) atoms. The summed E-state index contributed by atoms with van der Waals surface area (Å²) in [6.07, 6.45) is 12.1. The topological polar surface area (TPSA) is 29.5 Å². The van der Waals surface area contributed by atoms with Gasteiger partial charge in [0.2, 0.25) is 5.91 Å². The highest BCUT2D eigenvalue weighted by molar-refractivity contribution is 5.81. The second kappa shape index (κ2) is 8.30. The molecule has 0 saturated carbocycles. The van der Waals surface area contributed by atoms with Crippen molar-refractivity contribution >= 4 is 5.91 Å². The van der Waals surface area contributed by atoms with Crippen molar-refractivity contribution in [2.24, 2.45) is 5.92 Å². The molecule has 3 rings (SSSR count). The Hall–Kier alpha value is -2.13. The van der Waals surface area contributed by atoms with Crippen molar-refractivity contribution in [3.63, 3.8) is 0 Å². The summed E-state index contributed by atoms with van der Waals surface area (Å²) in [5.41, 5.74) is 2.44. The van der Waals surface area contributed by atoms with Crippen molar-refractivity contribution in [1.29, 1.82) is 0 Å². The summed E-state index contributed by atoms with van der Waals surface area (Å²) < 4.78 is 5.55. The first kappa shape index (κ1) is 17.7. The van der Waals surface area contributed by atoms with Crippen LogP contribution < -0.4 is 0 Å². The minimum atomic E-state index is -0.0257. The van der Waals surface area contributed by atoms with E-state index >= 15 is 0 Å². The molecule has 0 N–H and O–H groups in total. The van der Waals surface area contributed by atoms with Crippen LogP contribution in [-0.4, -0.2) is 30.6 Å². The summed E-state index contributed by atoms with van der Waals surface area (Å²) in [5.74, 6) is 0.366. The van der Waals surface area contributed by atoms with Crippen LogP contribution in [0.3, 0.4) is 0 Å². The minimum absolute atomic E-state index is 0.0257. The molecular formula is C22H27NO2. The lowest BCUT2D eigenvalue weighted by Gasteiger charge is -2.26. The Morgan fingerprint density at radius 1 is 1.36 bits per heavy atom. The number of allylic oxidation sites excluding steroid dienone is 2. The van der Waals surface area contributed by atoms with Crippen molar-refractivity contribution in [2.75, 3.05) is 13.7 Å². The van der Waals surface area contributed by atoms with Gasteiger partial charge in [0.05, 0.1) is 12.1 Å². The van der Waals surface area contributed by atoms with Crippen LogP contribution in [-0.2, 0) is 9.53 Å². The molecule has 3 heteroatoms. The van der Waals surface area contributed by atoms with Gasteiger partial charge in [-0.05, 0) is 36.8 Å². The number of amides is 1. The molecule has 1 heterocycles. The van der Waals surface area contributed by atoms with E-state index in [2.05, 4.69) is 36.9 Å². The van der Waals surface area contributed by atoms with Crippen LogP contribution in [0.25, 0.3) is 0 Å². The molecule has 1 aromatic rings. The summed E-state index contributed by atoms with van der Waals surface area (Å²) in [4.78, 5) is 14.9. The van der Waals surface area contributed by atoms with Gasteiger partial charge in [-0.2, -0.15) is 0 Å². The molecule has 1 aliphatic carbocycles. The number of hydrogen-bond acceptors (Lipinski definition) is 2. The summed E-state index contributed by atoms with van der Waals surface area (Å²) in [6.45, 7) is 4.76. The number of benzene rings is 1. The Kier molecular flexibility index (Phi) is 5.87. The Labute approximate surface area is 150 Å². The van der Waals surface area contributed by atoms with Crippen LogP contribution in [0, 0.1) is 5.92 Å². The molecular weight excluding hydrogens is 310 g/mol. The van der Waals surface area contributed by atoms with E-state index in [1.54, 1.807) is 7.11 Å². The maximum Gasteiger partial charge on any atom is 0.226 e. The van der Waals surface area contributed by atoms with Crippen LogP contribution in [0.15, 0.2) is 66.8 Å². The number of methoxy groups -OCH3 is 1. The molecule has 0 aromatic heterocycles. The lowest BCUT2D eigenvalue weighted by molar-refractivity contribution is -0.132. The third-order valence-corrected chi connectivity index (χ3v) is 5.33. The number of likely N-dealkylation sites (tertiary alicyclic amines) is 1. The van der Waals surface area contributed by atoms with Gasteiger partial charge in [-0.3, -0.25) is 4.79 Å². The molecule has 132 valence electrons. The van der Waals surface area contributed by atoms with Crippen LogP contribution in [0.4, 0.5) is 0 Å². The smallest absolute Gasteiger partial charge is 0.226 e. The van der Waals surface area contributed by atoms with Gasteiger partial charge in [0.1, 0.15) is 0 Å². The quantitative estimate of drug-likeness (QED) is 0.688. The zero-order valence-corrected chi connectivity index (χ0v) is 14.9. The predicted octanol–water partition coefficient (Wildman–Crippen LogP) is 4.44. The van der Waals surface area contributed by atoms with E-state index in [4.69, 9.17) is 4.74 Å². The first-order valence-corrected chi connectivity index (χ1v) is 9.11. The molecule has 1 aromatic carbocycles. The Bertz CT molecular complexity index is 662. The van der Waals surface area contributed by atoms with Gasteiger partial charge in [-0.1, -0.05) is 54.6 Å². The highest BCUT2D eigenvalue weighted by Gasteiger charge is 2.35. The second-order valence-corrected chi connectivity index (χ2v) is 6.78. The number of ether oxygens (including phenoxy) is 1. The highest BCUT2D eigenvalue weighted by atomic mass is 16.5. The van der Waals surface area contributed by atoms with Gasteiger partial charge in [0, 0.05) is 19.6 Å².